The smallest absolute Gasteiger partial charge is 0.289 e. The topological polar surface area (TPSA) is 73.8 Å². The van der Waals surface area contributed by atoms with Crippen molar-refractivity contribution in [2.45, 2.75) is 39.0 Å². The van der Waals surface area contributed by atoms with E-state index in [2.05, 4.69) is 18.8 Å². The Morgan fingerprint density at radius 3 is 2.86 bits per heavy atom. The highest BCUT2D eigenvalue weighted by Gasteiger charge is 2.25. The average Bonchev–Trinajstić information content (AvgIpc) is 3.05. The molecule has 0 unspecified atom stereocenters. The number of hydrogen-bond acceptors (Lipinski definition) is 5. The van der Waals surface area contributed by atoms with Crippen LogP contribution in [0.25, 0.3) is 20.4 Å². The molecule has 21 heavy (non-hydrogen) atoms. The first kappa shape index (κ1) is 12.8. The second-order valence-electron chi connectivity index (χ2n) is 5.88. The molecule has 4 rings (SSSR count). The van der Waals surface area contributed by atoms with E-state index in [-0.39, 0.29) is 5.56 Å². The zero-order valence-corrected chi connectivity index (χ0v) is 12.8. The Labute approximate surface area is 125 Å². The lowest BCUT2D eigenvalue weighted by Gasteiger charge is -2.11. The molecule has 0 spiro atoms. The van der Waals surface area contributed by atoms with Gasteiger partial charge >= 0.3 is 0 Å². The monoisotopic (exact) mass is 300 g/mol. The first-order valence-electron chi connectivity index (χ1n) is 7.18. The number of rotatable bonds is 1. The van der Waals surface area contributed by atoms with Crippen LogP contribution in [0.15, 0.2) is 11.1 Å². The zero-order chi connectivity index (χ0) is 14.7. The molecule has 6 heteroatoms. The molecule has 0 bridgehead atoms. The molecular formula is C15H16N4OS. The van der Waals surface area contributed by atoms with Crippen LogP contribution in [0.1, 0.15) is 43.0 Å². The van der Waals surface area contributed by atoms with Crippen molar-refractivity contribution in [3.63, 3.8) is 0 Å². The summed E-state index contributed by atoms with van der Waals surface area (Å²) < 4.78 is 1.65. The average molecular weight is 300 g/mol. The first-order chi connectivity index (χ1) is 10.1. The Kier molecular flexibility index (Phi) is 2.60. The van der Waals surface area contributed by atoms with Crippen LogP contribution in [0.4, 0.5) is 0 Å². The summed E-state index contributed by atoms with van der Waals surface area (Å²) in [6.07, 6.45) is 4.68. The Balaban J connectivity index is 2.22. The van der Waals surface area contributed by atoms with Crippen molar-refractivity contribution in [3.05, 3.63) is 33.5 Å². The number of hydrogen-bond donors (Lipinski definition) is 1. The van der Waals surface area contributed by atoms with Gasteiger partial charge in [0.2, 0.25) is 0 Å². The molecule has 5 nitrogen and oxygen atoms in total. The van der Waals surface area contributed by atoms with Crippen LogP contribution in [0, 0.1) is 0 Å². The van der Waals surface area contributed by atoms with Gasteiger partial charge in [0.1, 0.15) is 15.9 Å². The molecule has 1 aliphatic carbocycles. The van der Waals surface area contributed by atoms with E-state index in [9.17, 15) is 4.79 Å². The molecule has 0 atom stereocenters. The summed E-state index contributed by atoms with van der Waals surface area (Å²) in [6, 6.07) is 0. The van der Waals surface area contributed by atoms with Crippen LogP contribution in [-0.4, -0.2) is 14.6 Å². The summed E-state index contributed by atoms with van der Waals surface area (Å²) in [5.41, 5.74) is 4.46. The number of aryl methyl sites for hydroxylation is 1. The molecule has 1 aliphatic rings. The molecule has 0 radical (unpaired) electrons. The first-order valence-corrected chi connectivity index (χ1v) is 8.00. The highest BCUT2D eigenvalue weighted by Crippen LogP contribution is 2.39. The quantitative estimate of drug-likeness (QED) is 0.700. The minimum Gasteiger partial charge on any atom is -0.335 e. The van der Waals surface area contributed by atoms with Gasteiger partial charge in [0, 0.05) is 11.1 Å². The predicted molar refractivity (Wildman–Crippen MR) is 85.4 cm³/mol. The minimum atomic E-state index is -0.194. The minimum absolute atomic E-state index is 0.194. The summed E-state index contributed by atoms with van der Waals surface area (Å²) in [7, 11) is 0. The standard InChI is InChI=1S/C15H16N4OS/c1-7(2)11-9-5-3-4-8(9)10-12-13(21-14(10)18-11)15(20)19(16)6-17-12/h6-7H,3-5,16H2,1-2H3. The van der Waals surface area contributed by atoms with E-state index >= 15 is 0 Å². The molecule has 0 aliphatic heterocycles. The third-order valence-corrected chi connectivity index (χ3v) is 5.26. The van der Waals surface area contributed by atoms with Gasteiger partial charge in [-0.25, -0.2) is 14.6 Å². The van der Waals surface area contributed by atoms with E-state index in [1.807, 2.05) is 0 Å². The number of fused-ring (bicyclic) bond motifs is 5. The predicted octanol–water partition coefficient (Wildman–Crippen LogP) is 2.33. The number of thiophene rings is 1. The van der Waals surface area contributed by atoms with Crippen molar-refractivity contribution in [3.8, 4) is 0 Å². The van der Waals surface area contributed by atoms with Crippen LogP contribution in [0.2, 0.25) is 0 Å². The number of pyridine rings is 1. The summed E-state index contributed by atoms with van der Waals surface area (Å²) >= 11 is 1.41. The van der Waals surface area contributed by atoms with Crippen molar-refractivity contribution >= 4 is 31.8 Å². The Hall–Kier alpha value is -1.95. The summed E-state index contributed by atoms with van der Waals surface area (Å²) in [4.78, 5) is 22.4. The van der Waals surface area contributed by atoms with Gasteiger partial charge in [0.05, 0.1) is 5.52 Å². The van der Waals surface area contributed by atoms with Crippen molar-refractivity contribution < 1.29 is 0 Å². The van der Waals surface area contributed by atoms with Gasteiger partial charge in [0.15, 0.2) is 0 Å². The lowest BCUT2D eigenvalue weighted by molar-refractivity contribution is 0.805. The molecule has 0 saturated carbocycles. The van der Waals surface area contributed by atoms with E-state index in [1.165, 1.54) is 34.5 Å². The zero-order valence-electron chi connectivity index (χ0n) is 12.0. The van der Waals surface area contributed by atoms with E-state index < -0.39 is 0 Å². The summed E-state index contributed by atoms with van der Waals surface area (Å²) in [5.74, 6) is 6.02. The molecule has 0 amide bonds. The van der Waals surface area contributed by atoms with Crippen molar-refractivity contribution in [2.75, 3.05) is 5.84 Å². The summed E-state index contributed by atoms with van der Waals surface area (Å²) in [6.45, 7) is 4.34. The van der Waals surface area contributed by atoms with E-state index in [0.717, 1.165) is 39.7 Å². The molecule has 0 fully saturated rings. The van der Waals surface area contributed by atoms with Crippen molar-refractivity contribution in [1.29, 1.82) is 0 Å². The van der Waals surface area contributed by atoms with Gasteiger partial charge in [-0.1, -0.05) is 13.8 Å². The van der Waals surface area contributed by atoms with E-state index in [4.69, 9.17) is 10.8 Å². The fourth-order valence-electron chi connectivity index (χ4n) is 3.28. The summed E-state index contributed by atoms with van der Waals surface area (Å²) in [5, 5.41) is 1.07. The molecular weight excluding hydrogens is 284 g/mol. The van der Waals surface area contributed by atoms with Crippen LogP contribution in [0.5, 0.6) is 0 Å². The van der Waals surface area contributed by atoms with Gasteiger partial charge < -0.3 is 5.84 Å². The Bertz CT molecular complexity index is 938. The number of aromatic nitrogens is 3. The van der Waals surface area contributed by atoms with Gasteiger partial charge in [-0.3, -0.25) is 4.79 Å². The molecule has 3 aromatic rings. The van der Waals surface area contributed by atoms with E-state index in [0.29, 0.717) is 10.6 Å². The second kappa shape index (κ2) is 4.27. The van der Waals surface area contributed by atoms with Crippen LogP contribution < -0.4 is 11.4 Å². The Morgan fingerprint density at radius 1 is 1.33 bits per heavy atom. The SMILES string of the molecule is CC(C)c1nc2sc3c(=O)n(N)cnc3c2c2c1CCC2. The highest BCUT2D eigenvalue weighted by molar-refractivity contribution is 7.25. The molecule has 0 aromatic carbocycles. The maximum absolute atomic E-state index is 12.2. The van der Waals surface area contributed by atoms with Crippen molar-refractivity contribution in [1.82, 2.24) is 14.6 Å². The number of nitrogens with zero attached hydrogens (tertiary/aromatic N) is 3. The fourth-order valence-corrected chi connectivity index (χ4v) is 4.38. The molecule has 0 saturated heterocycles. The molecule has 108 valence electrons. The molecule has 3 heterocycles. The maximum atomic E-state index is 12.2. The third kappa shape index (κ3) is 1.65. The third-order valence-electron chi connectivity index (χ3n) is 4.20. The largest absolute Gasteiger partial charge is 0.335 e. The van der Waals surface area contributed by atoms with Crippen LogP contribution in [0.3, 0.4) is 0 Å². The molecule has 2 N–H and O–H groups in total. The number of nitrogens with two attached hydrogens (primary N) is 1. The molecule has 3 aromatic heterocycles. The highest BCUT2D eigenvalue weighted by atomic mass is 32.1. The fraction of sp³-hybridized carbons (Fsp3) is 0.400. The van der Waals surface area contributed by atoms with Crippen LogP contribution in [-0.2, 0) is 12.8 Å². The normalized spacial score (nSPS) is 14.4. The van der Waals surface area contributed by atoms with Gasteiger partial charge in [-0.15, -0.1) is 11.3 Å². The van der Waals surface area contributed by atoms with Crippen molar-refractivity contribution in [2.24, 2.45) is 0 Å². The lowest BCUT2D eigenvalue weighted by atomic mass is 9.99. The Morgan fingerprint density at radius 2 is 2.10 bits per heavy atom. The van der Waals surface area contributed by atoms with Gasteiger partial charge in [-0.05, 0) is 36.3 Å². The second-order valence-corrected chi connectivity index (χ2v) is 6.88. The van der Waals surface area contributed by atoms with Gasteiger partial charge in [0.25, 0.3) is 5.56 Å². The number of nitrogen functional groups attached to an aromatic ring is 1. The van der Waals surface area contributed by atoms with E-state index in [1.54, 1.807) is 0 Å². The van der Waals surface area contributed by atoms with Crippen LogP contribution >= 0.6 is 11.3 Å². The maximum Gasteiger partial charge on any atom is 0.289 e. The lowest BCUT2D eigenvalue weighted by Crippen LogP contribution is -2.26. The van der Waals surface area contributed by atoms with Gasteiger partial charge in [-0.2, -0.15) is 0 Å².